The van der Waals surface area contributed by atoms with Crippen LogP contribution in [0.3, 0.4) is 0 Å². The first-order valence-electron chi connectivity index (χ1n) is 4.32. The van der Waals surface area contributed by atoms with Gasteiger partial charge < -0.3 is 0 Å². The second kappa shape index (κ2) is 5.20. The minimum absolute atomic E-state index is 0.147. The third kappa shape index (κ3) is 2.74. The van der Waals surface area contributed by atoms with Gasteiger partial charge >= 0.3 is 0 Å². The zero-order chi connectivity index (χ0) is 11.4. The number of nitriles is 1. The van der Waals surface area contributed by atoms with E-state index in [0.29, 0.717) is 11.1 Å². The van der Waals surface area contributed by atoms with Crippen LogP contribution >= 0.6 is 23.4 Å². The maximum atomic E-state index is 11.2. The standard InChI is InChI=1S/C11H10ClNOS/c1-7(14)11(12)10-5-9(15-2)4-3-8(10)6-13/h3-5,11H,1-2H3. The van der Waals surface area contributed by atoms with E-state index >= 15 is 0 Å². The summed E-state index contributed by atoms with van der Waals surface area (Å²) in [6.07, 6.45) is 1.93. The highest BCUT2D eigenvalue weighted by Crippen LogP contribution is 2.28. The van der Waals surface area contributed by atoms with Crippen LogP contribution in [0, 0.1) is 11.3 Å². The van der Waals surface area contributed by atoms with Crippen LogP contribution in [-0.2, 0) is 4.79 Å². The van der Waals surface area contributed by atoms with E-state index in [0.717, 1.165) is 4.90 Å². The molecule has 0 amide bonds. The van der Waals surface area contributed by atoms with Gasteiger partial charge in [0.15, 0.2) is 5.78 Å². The molecule has 0 saturated carbocycles. The van der Waals surface area contributed by atoms with Gasteiger partial charge in [-0.05, 0) is 36.9 Å². The molecule has 1 rings (SSSR count). The van der Waals surface area contributed by atoms with E-state index in [-0.39, 0.29) is 5.78 Å². The molecule has 1 aromatic carbocycles. The summed E-state index contributed by atoms with van der Waals surface area (Å²) in [7, 11) is 0. The average Bonchev–Trinajstić information content (AvgIpc) is 2.27. The minimum atomic E-state index is -0.730. The van der Waals surface area contributed by atoms with Crippen LogP contribution in [0.15, 0.2) is 23.1 Å². The van der Waals surface area contributed by atoms with Gasteiger partial charge in [0.05, 0.1) is 11.6 Å². The molecule has 0 aliphatic carbocycles. The van der Waals surface area contributed by atoms with Crippen LogP contribution < -0.4 is 0 Å². The van der Waals surface area contributed by atoms with E-state index in [1.165, 1.54) is 6.92 Å². The molecule has 0 bridgehead atoms. The quantitative estimate of drug-likeness (QED) is 0.601. The molecule has 2 nitrogen and oxygen atoms in total. The number of hydrogen-bond acceptors (Lipinski definition) is 3. The molecule has 0 radical (unpaired) electrons. The Morgan fingerprint density at radius 1 is 1.60 bits per heavy atom. The van der Waals surface area contributed by atoms with Crippen LogP contribution in [0.1, 0.15) is 23.4 Å². The number of benzene rings is 1. The van der Waals surface area contributed by atoms with E-state index in [1.807, 2.05) is 18.4 Å². The maximum absolute atomic E-state index is 11.2. The maximum Gasteiger partial charge on any atom is 0.152 e. The number of Topliss-reactive ketones (excluding diaryl/α,β-unsaturated/α-hetero) is 1. The number of carbonyl (C=O) groups excluding carboxylic acids is 1. The van der Waals surface area contributed by atoms with Gasteiger partial charge in [0.1, 0.15) is 5.38 Å². The molecule has 1 atom stereocenters. The summed E-state index contributed by atoms with van der Waals surface area (Å²) in [6.45, 7) is 1.42. The number of hydrogen-bond donors (Lipinski definition) is 0. The summed E-state index contributed by atoms with van der Waals surface area (Å²) >= 11 is 7.50. The van der Waals surface area contributed by atoms with Crippen LogP contribution in [0.5, 0.6) is 0 Å². The van der Waals surface area contributed by atoms with E-state index in [2.05, 4.69) is 0 Å². The topological polar surface area (TPSA) is 40.9 Å². The van der Waals surface area contributed by atoms with Gasteiger partial charge in [-0.3, -0.25) is 4.79 Å². The molecule has 15 heavy (non-hydrogen) atoms. The minimum Gasteiger partial charge on any atom is -0.298 e. The van der Waals surface area contributed by atoms with Crippen LogP contribution in [0.4, 0.5) is 0 Å². The summed E-state index contributed by atoms with van der Waals surface area (Å²) in [5.74, 6) is -0.147. The zero-order valence-electron chi connectivity index (χ0n) is 8.45. The molecule has 0 heterocycles. The van der Waals surface area contributed by atoms with E-state index in [9.17, 15) is 4.79 Å². The number of thioether (sulfide) groups is 1. The van der Waals surface area contributed by atoms with E-state index in [1.54, 1.807) is 23.9 Å². The number of alkyl halides is 1. The monoisotopic (exact) mass is 239 g/mol. The number of rotatable bonds is 3. The average molecular weight is 240 g/mol. The van der Waals surface area contributed by atoms with Crippen molar-refractivity contribution in [3.8, 4) is 6.07 Å². The Kier molecular flexibility index (Phi) is 4.19. The van der Waals surface area contributed by atoms with Gasteiger partial charge in [0.25, 0.3) is 0 Å². The van der Waals surface area contributed by atoms with Crippen molar-refractivity contribution in [3.05, 3.63) is 29.3 Å². The van der Waals surface area contributed by atoms with Crippen molar-refractivity contribution in [2.24, 2.45) is 0 Å². The van der Waals surface area contributed by atoms with Gasteiger partial charge in [-0.1, -0.05) is 0 Å². The van der Waals surface area contributed by atoms with Crippen LogP contribution in [0.25, 0.3) is 0 Å². The molecule has 0 spiro atoms. The molecule has 0 aliphatic heterocycles. The largest absolute Gasteiger partial charge is 0.298 e. The Hall–Kier alpha value is -0.980. The van der Waals surface area contributed by atoms with Crippen molar-refractivity contribution >= 4 is 29.1 Å². The second-order valence-corrected chi connectivity index (χ2v) is 4.35. The van der Waals surface area contributed by atoms with E-state index in [4.69, 9.17) is 16.9 Å². The SMILES string of the molecule is CSc1ccc(C#N)c(C(Cl)C(C)=O)c1. The third-order valence-electron chi connectivity index (χ3n) is 2.01. The van der Waals surface area contributed by atoms with Crippen molar-refractivity contribution in [1.29, 1.82) is 5.26 Å². The molecule has 78 valence electrons. The molecule has 0 N–H and O–H groups in total. The normalized spacial score (nSPS) is 11.9. The smallest absolute Gasteiger partial charge is 0.152 e. The lowest BCUT2D eigenvalue weighted by molar-refractivity contribution is -0.116. The van der Waals surface area contributed by atoms with Crippen molar-refractivity contribution in [2.75, 3.05) is 6.26 Å². The van der Waals surface area contributed by atoms with E-state index < -0.39 is 5.38 Å². The summed E-state index contributed by atoms with van der Waals surface area (Å²) in [5.41, 5.74) is 1.06. The predicted octanol–water partition coefficient (Wildman–Crippen LogP) is 3.15. The molecule has 0 fully saturated rings. The molecule has 0 aromatic heterocycles. The fourth-order valence-corrected chi connectivity index (χ4v) is 1.83. The van der Waals surface area contributed by atoms with Gasteiger partial charge in [-0.15, -0.1) is 23.4 Å². The Morgan fingerprint density at radius 2 is 2.27 bits per heavy atom. The van der Waals surface area contributed by atoms with Gasteiger partial charge in [-0.2, -0.15) is 5.26 Å². The van der Waals surface area contributed by atoms with Crippen molar-refractivity contribution in [2.45, 2.75) is 17.2 Å². The first-order valence-corrected chi connectivity index (χ1v) is 5.98. The highest BCUT2D eigenvalue weighted by Gasteiger charge is 2.17. The fraction of sp³-hybridized carbons (Fsp3) is 0.273. The zero-order valence-corrected chi connectivity index (χ0v) is 10.0. The number of nitrogens with zero attached hydrogens (tertiary/aromatic N) is 1. The molecule has 0 aliphatic rings. The number of halogens is 1. The van der Waals surface area contributed by atoms with Crippen molar-refractivity contribution in [1.82, 2.24) is 0 Å². The Balaban J connectivity index is 3.24. The molecular weight excluding hydrogens is 230 g/mol. The summed E-state index contributed by atoms with van der Waals surface area (Å²) < 4.78 is 0. The number of carbonyl (C=O) groups is 1. The summed E-state index contributed by atoms with van der Waals surface area (Å²) in [6, 6.07) is 7.37. The van der Waals surface area contributed by atoms with Crippen molar-refractivity contribution < 1.29 is 4.79 Å². The van der Waals surface area contributed by atoms with Crippen LogP contribution in [-0.4, -0.2) is 12.0 Å². The summed E-state index contributed by atoms with van der Waals surface area (Å²) in [4.78, 5) is 12.2. The lowest BCUT2D eigenvalue weighted by atomic mass is 10.0. The lowest BCUT2D eigenvalue weighted by Gasteiger charge is -2.09. The first kappa shape index (κ1) is 12.1. The summed E-state index contributed by atoms with van der Waals surface area (Å²) in [5, 5.41) is 8.16. The third-order valence-corrected chi connectivity index (χ3v) is 3.28. The first-order chi connectivity index (χ1) is 7.10. The van der Waals surface area contributed by atoms with Crippen molar-refractivity contribution in [3.63, 3.8) is 0 Å². The molecule has 4 heteroatoms. The molecule has 1 aromatic rings. The molecular formula is C11H10ClNOS. The Labute approximate surface area is 98.2 Å². The van der Waals surface area contributed by atoms with Gasteiger partial charge in [0, 0.05) is 4.90 Å². The number of ketones is 1. The lowest BCUT2D eigenvalue weighted by Crippen LogP contribution is -2.04. The molecule has 1 unspecified atom stereocenters. The highest BCUT2D eigenvalue weighted by atomic mass is 35.5. The molecule has 0 saturated heterocycles. The highest BCUT2D eigenvalue weighted by molar-refractivity contribution is 7.98. The second-order valence-electron chi connectivity index (χ2n) is 3.04. The van der Waals surface area contributed by atoms with Gasteiger partial charge in [0.2, 0.25) is 0 Å². The fourth-order valence-electron chi connectivity index (χ4n) is 1.20. The predicted molar refractivity (Wildman–Crippen MR) is 62.2 cm³/mol. The Bertz CT molecular complexity index is 425. The van der Waals surface area contributed by atoms with Gasteiger partial charge in [-0.25, -0.2) is 0 Å². The Morgan fingerprint density at radius 3 is 2.73 bits per heavy atom. The van der Waals surface area contributed by atoms with Crippen LogP contribution in [0.2, 0.25) is 0 Å².